The van der Waals surface area contributed by atoms with Gasteiger partial charge in [0, 0.05) is 23.8 Å². The average Bonchev–Trinajstić information content (AvgIpc) is 2.52. The number of carbonyl (C=O) groups is 1. The van der Waals surface area contributed by atoms with Gasteiger partial charge in [0.05, 0.1) is 11.2 Å². The molecule has 0 spiro atoms. The minimum atomic E-state index is -0.730. The molecule has 5 nitrogen and oxygen atoms in total. The maximum absolute atomic E-state index is 11.4. The van der Waals surface area contributed by atoms with E-state index in [1.54, 1.807) is 13.8 Å². The molecular formula is C13H24N4O. The zero-order valence-electron chi connectivity index (χ0n) is 12.2. The van der Waals surface area contributed by atoms with Crippen LogP contribution >= 0.6 is 0 Å². The summed E-state index contributed by atoms with van der Waals surface area (Å²) in [7, 11) is 0. The van der Waals surface area contributed by atoms with Crippen LogP contribution in [0.2, 0.25) is 0 Å². The van der Waals surface area contributed by atoms with Gasteiger partial charge in [0.25, 0.3) is 0 Å². The highest BCUT2D eigenvalue weighted by Crippen LogP contribution is 2.23. The summed E-state index contributed by atoms with van der Waals surface area (Å²) >= 11 is 0. The average molecular weight is 252 g/mol. The molecule has 0 fully saturated rings. The van der Waals surface area contributed by atoms with E-state index in [1.807, 2.05) is 25.5 Å². The Kier molecular flexibility index (Phi) is 4.16. The van der Waals surface area contributed by atoms with Crippen LogP contribution in [-0.2, 0) is 11.3 Å². The van der Waals surface area contributed by atoms with E-state index in [1.165, 1.54) is 0 Å². The van der Waals surface area contributed by atoms with Crippen LogP contribution in [0.25, 0.3) is 0 Å². The Morgan fingerprint density at radius 2 is 2.06 bits per heavy atom. The number of hydrogen-bond acceptors (Lipinski definition) is 3. The van der Waals surface area contributed by atoms with E-state index in [-0.39, 0.29) is 11.9 Å². The van der Waals surface area contributed by atoms with Crippen LogP contribution in [0, 0.1) is 13.8 Å². The van der Waals surface area contributed by atoms with Gasteiger partial charge in [-0.25, -0.2) is 0 Å². The van der Waals surface area contributed by atoms with Crippen LogP contribution in [0.15, 0.2) is 0 Å². The topological polar surface area (TPSA) is 72.9 Å². The van der Waals surface area contributed by atoms with Crippen LogP contribution in [0.1, 0.15) is 50.7 Å². The molecule has 3 N–H and O–H groups in total. The van der Waals surface area contributed by atoms with Gasteiger partial charge >= 0.3 is 0 Å². The van der Waals surface area contributed by atoms with Crippen LogP contribution in [0.4, 0.5) is 0 Å². The summed E-state index contributed by atoms with van der Waals surface area (Å²) in [5.74, 6) is -0.354. The van der Waals surface area contributed by atoms with E-state index < -0.39 is 5.54 Å². The standard InChI is InChI=1S/C13H24N4O/c1-7-17-10(4)11(9(3)16-17)8(2)15-13(5,6)12(14)18/h8,15H,7H2,1-6H3,(H2,14,18). The van der Waals surface area contributed by atoms with Crippen molar-refractivity contribution in [2.24, 2.45) is 5.73 Å². The lowest BCUT2D eigenvalue weighted by molar-refractivity contribution is -0.123. The fourth-order valence-corrected chi connectivity index (χ4v) is 2.33. The number of nitrogens with one attached hydrogen (secondary N) is 1. The minimum Gasteiger partial charge on any atom is -0.368 e. The highest BCUT2D eigenvalue weighted by Gasteiger charge is 2.28. The normalized spacial score (nSPS) is 13.7. The predicted octanol–water partition coefficient (Wildman–Crippen LogP) is 1.43. The van der Waals surface area contributed by atoms with Gasteiger partial charge in [-0.1, -0.05) is 0 Å². The zero-order chi connectivity index (χ0) is 14.1. The van der Waals surface area contributed by atoms with E-state index in [0.717, 1.165) is 23.5 Å². The van der Waals surface area contributed by atoms with Gasteiger partial charge < -0.3 is 5.73 Å². The lowest BCUT2D eigenvalue weighted by Crippen LogP contribution is -2.51. The third kappa shape index (κ3) is 2.72. The number of carbonyl (C=O) groups excluding carboxylic acids is 1. The first-order valence-electron chi connectivity index (χ1n) is 6.32. The molecule has 1 aromatic rings. The molecule has 0 bridgehead atoms. The van der Waals surface area contributed by atoms with E-state index in [4.69, 9.17) is 5.73 Å². The lowest BCUT2D eigenvalue weighted by Gasteiger charge is -2.27. The fourth-order valence-electron chi connectivity index (χ4n) is 2.33. The van der Waals surface area contributed by atoms with E-state index in [9.17, 15) is 4.79 Å². The van der Waals surface area contributed by atoms with Crippen molar-refractivity contribution in [3.8, 4) is 0 Å². The van der Waals surface area contributed by atoms with Crippen LogP contribution in [0.3, 0.4) is 0 Å². The van der Waals surface area contributed by atoms with Crippen molar-refractivity contribution in [2.75, 3.05) is 0 Å². The molecule has 0 aliphatic heterocycles. The van der Waals surface area contributed by atoms with Gasteiger partial charge in [-0.2, -0.15) is 5.10 Å². The Labute approximate surface area is 109 Å². The molecule has 1 heterocycles. The van der Waals surface area contributed by atoms with E-state index in [2.05, 4.69) is 17.3 Å². The molecule has 1 amide bonds. The Bertz CT molecular complexity index is 448. The molecule has 5 heteroatoms. The molecule has 1 unspecified atom stereocenters. The summed E-state index contributed by atoms with van der Waals surface area (Å²) < 4.78 is 1.97. The van der Waals surface area contributed by atoms with Crippen molar-refractivity contribution >= 4 is 5.91 Å². The van der Waals surface area contributed by atoms with Crippen molar-refractivity contribution in [3.05, 3.63) is 17.0 Å². The smallest absolute Gasteiger partial charge is 0.237 e. The zero-order valence-corrected chi connectivity index (χ0v) is 12.2. The van der Waals surface area contributed by atoms with E-state index in [0.29, 0.717) is 0 Å². The second-order valence-corrected chi connectivity index (χ2v) is 5.26. The molecule has 1 rings (SSSR count). The van der Waals surface area contributed by atoms with Crippen molar-refractivity contribution in [1.29, 1.82) is 0 Å². The predicted molar refractivity (Wildman–Crippen MR) is 72.2 cm³/mol. The molecular weight excluding hydrogens is 228 g/mol. The maximum atomic E-state index is 11.4. The molecule has 0 aliphatic rings. The van der Waals surface area contributed by atoms with Crippen molar-refractivity contribution in [1.82, 2.24) is 15.1 Å². The summed E-state index contributed by atoms with van der Waals surface area (Å²) in [5.41, 5.74) is 7.93. The van der Waals surface area contributed by atoms with Crippen LogP contribution < -0.4 is 11.1 Å². The Morgan fingerprint density at radius 1 is 1.50 bits per heavy atom. The highest BCUT2D eigenvalue weighted by molar-refractivity contribution is 5.83. The van der Waals surface area contributed by atoms with Gasteiger partial charge in [0.2, 0.25) is 5.91 Å². The molecule has 0 saturated carbocycles. The number of rotatable bonds is 5. The van der Waals surface area contributed by atoms with Gasteiger partial charge in [0.15, 0.2) is 0 Å². The number of nitrogens with two attached hydrogens (primary N) is 1. The second-order valence-electron chi connectivity index (χ2n) is 5.26. The summed E-state index contributed by atoms with van der Waals surface area (Å²) in [6.45, 7) is 12.6. The Morgan fingerprint density at radius 3 is 2.44 bits per heavy atom. The van der Waals surface area contributed by atoms with Gasteiger partial charge in [0.1, 0.15) is 0 Å². The van der Waals surface area contributed by atoms with Crippen molar-refractivity contribution < 1.29 is 4.79 Å². The van der Waals surface area contributed by atoms with Crippen LogP contribution in [-0.4, -0.2) is 21.2 Å². The van der Waals surface area contributed by atoms with Gasteiger partial charge in [-0.05, 0) is 41.5 Å². The minimum absolute atomic E-state index is 0.0350. The first-order valence-corrected chi connectivity index (χ1v) is 6.32. The molecule has 0 saturated heterocycles. The number of aromatic nitrogens is 2. The molecule has 102 valence electrons. The number of primary amides is 1. The summed E-state index contributed by atoms with van der Waals surface area (Å²) in [6, 6.07) is 0.0350. The van der Waals surface area contributed by atoms with Crippen LogP contribution in [0.5, 0.6) is 0 Å². The molecule has 1 atom stereocenters. The largest absolute Gasteiger partial charge is 0.368 e. The Hall–Kier alpha value is -1.36. The lowest BCUT2D eigenvalue weighted by atomic mass is 9.99. The SMILES string of the molecule is CCn1nc(C)c(C(C)NC(C)(C)C(N)=O)c1C. The van der Waals surface area contributed by atoms with Crippen molar-refractivity contribution in [2.45, 2.75) is 59.7 Å². The van der Waals surface area contributed by atoms with Gasteiger partial charge in [-0.15, -0.1) is 0 Å². The quantitative estimate of drug-likeness (QED) is 0.832. The summed E-state index contributed by atoms with van der Waals surface area (Å²) in [6.07, 6.45) is 0. The van der Waals surface area contributed by atoms with E-state index >= 15 is 0 Å². The maximum Gasteiger partial charge on any atom is 0.237 e. The third-order valence-corrected chi connectivity index (χ3v) is 3.36. The number of amides is 1. The Balaban J connectivity index is 3.01. The first kappa shape index (κ1) is 14.7. The fraction of sp³-hybridized carbons (Fsp3) is 0.692. The molecule has 18 heavy (non-hydrogen) atoms. The molecule has 0 radical (unpaired) electrons. The van der Waals surface area contributed by atoms with Crippen molar-refractivity contribution in [3.63, 3.8) is 0 Å². The highest BCUT2D eigenvalue weighted by atomic mass is 16.1. The molecule has 0 aliphatic carbocycles. The third-order valence-electron chi connectivity index (χ3n) is 3.36. The number of nitrogens with zero attached hydrogens (tertiary/aromatic N) is 2. The number of aryl methyl sites for hydroxylation is 2. The molecule has 0 aromatic carbocycles. The first-order chi connectivity index (χ1) is 8.20. The second kappa shape index (κ2) is 5.10. The summed E-state index contributed by atoms with van der Waals surface area (Å²) in [5, 5.41) is 7.75. The molecule has 1 aromatic heterocycles. The number of hydrogen-bond donors (Lipinski definition) is 2. The monoisotopic (exact) mass is 252 g/mol. The summed E-state index contributed by atoms with van der Waals surface area (Å²) in [4.78, 5) is 11.4. The van der Waals surface area contributed by atoms with Gasteiger partial charge in [-0.3, -0.25) is 14.8 Å².